The Kier molecular flexibility index (Phi) is 2.97. The minimum atomic E-state index is -0.747. The van der Waals surface area contributed by atoms with Crippen LogP contribution in [0.4, 0.5) is 0 Å². The zero-order valence-corrected chi connectivity index (χ0v) is 8.39. The van der Waals surface area contributed by atoms with Gasteiger partial charge >= 0.3 is 5.97 Å². The average Bonchev–Trinajstić information content (AvgIpc) is 2.68. The first kappa shape index (κ1) is 10.1. The fourth-order valence-corrected chi connectivity index (χ4v) is 2.00. The smallest absolute Gasteiger partial charge is 0.320 e. The number of aromatic nitrogens is 1. The second-order valence-electron chi connectivity index (χ2n) is 3.97. The van der Waals surface area contributed by atoms with E-state index in [0.717, 1.165) is 13.0 Å². The molecule has 1 aromatic rings. The monoisotopic (exact) mass is 206 g/mol. The van der Waals surface area contributed by atoms with Crippen LogP contribution in [0.25, 0.3) is 0 Å². The Balaban J connectivity index is 1.90. The summed E-state index contributed by atoms with van der Waals surface area (Å²) >= 11 is 0. The van der Waals surface area contributed by atoms with E-state index in [1.165, 1.54) is 5.56 Å². The van der Waals surface area contributed by atoms with Crippen molar-refractivity contribution < 1.29 is 9.90 Å². The molecule has 0 radical (unpaired) electrons. The van der Waals surface area contributed by atoms with Crippen molar-refractivity contribution in [2.45, 2.75) is 18.9 Å². The van der Waals surface area contributed by atoms with Gasteiger partial charge in [-0.1, -0.05) is 6.07 Å². The summed E-state index contributed by atoms with van der Waals surface area (Å²) in [5.74, 6) is -0.334. The lowest BCUT2D eigenvalue weighted by molar-refractivity contribution is -0.139. The summed E-state index contributed by atoms with van der Waals surface area (Å²) in [4.78, 5) is 14.8. The van der Waals surface area contributed by atoms with Gasteiger partial charge in [0.2, 0.25) is 0 Å². The fourth-order valence-electron chi connectivity index (χ4n) is 2.00. The Hall–Kier alpha value is -1.42. The quantitative estimate of drug-likeness (QED) is 0.763. The molecule has 4 heteroatoms. The van der Waals surface area contributed by atoms with Crippen molar-refractivity contribution >= 4 is 5.97 Å². The molecule has 1 aromatic heterocycles. The summed E-state index contributed by atoms with van der Waals surface area (Å²) in [5.41, 5.74) is 1.18. The highest BCUT2D eigenvalue weighted by atomic mass is 16.4. The number of hydrogen-bond donors (Lipinski definition) is 2. The first-order chi connectivity index (χ1) is 7.25. The number of pyridine rings is 1. The van der Waals surface area contributed by atoms with Crippen molar-refractivity contribution in [1.29, 1.82) is 0 Å². The number of hydrogen-bond acceptors (Lipinski definition) is 3. The third kappa shape index (κ3) is 2.53. The number of rotatable bonds is 3. The Labute approximate surface area is 88.3 Å². The van der Waals surface area contributed by atoms with Crippen LogP contribution in [0.3, 0.4) is 0 Å². The van der Waals surface area contributed by atoms with Gasteiger partial charge in [0.15, 0.2) is 0 Å². The van der Waals surface area contributed by atoms with Gasteiger partial charge in [-0.05, 0) is 36.9 Å². The molecule has 15 heavy (non-hydrogen) atoms. The summed E-state index contributed by atoms with van der Waals surface area (Å²) in [7, 11) is 0. The van der Waals surface area contributed by atoms with Gasteiger partial charge in [-0.2, -0.15) is 0 Å². The van der Waals surface area contributed by atoms with Gasteiger partial charge in [0.25, 0.3) is 0 Å². The average molecular weight is 206 g/mol. The van der Waals surface area contributed by atoms with E-state index in [9.17, 15) is 4.79 Å². The lowest BCUT2D eigenvalue weighted by Gasteiger charge is -2.07. The third-order valence-corrected chi connectivity index (χ3v) is 2.77. The van der Waals surface area contributed by atoms with Crippen molar-refractivity contribution in [3.63, 3.8) is 0 Å². The zero-order valence-electron chi connectivity index (χ0n) is 8.39. The molecule has 1 saturated heterocycles. The van der Waals surface area contributed by atoms with Crippen molar-refractivity contribution in [3.05, 3.63) is 30.1 Å². The molecule has 80 valence electrons. The summed E-state index contributed by atoms with van der Waals surface area (Å²) in [6.07, 6.45) is 5.21. The van der Waals surface area contributed by atoms with Gasteiger partial charge in [-0.25, -0.2) is 0 Å². The van der Waals surface area contributed by atoms with Crippen molar-refractivity contribution in [1.82, 2.24) is 10.3 Å². The molecule has 0 unspecified atom stereocenters. The van der Waals surface area contributed by atoms with Crippen LogP contribution in [0.1, 0.15) is 12.0 Å². The van der Waals surface area contributed by atoms with E-state index in [1.807, 2.05) is 18.3 Å². The number of nitrogens with zero attached hydrogens (tertiary/aromatic N) is 1. The number of carboxylic acids is 1. The fraction of sp³-hybridized carbons (Fsp3) is 0.455. The Morgan fingerprint density at radius 2 is 2.53 bits per heavy atom. The first-order valence-electron chi connectivity index (χ1n) is 5.11. The maximum Gasteiger partial charge on any atom is 0.320 e. The standard InChI is InChI=1S/C11H14N2O2/c14-11(15)10-5-9(7-13-10)4-8-2-1-3-12-6-8/h1-3,6,9-10,13H,4-5,7H2,(H,14,15)/t9-,10+/m1/s1. The molecule has 1 aliphatic rings. The summed E-state index contributed by atoms with van der Waals surface area (Å²) in [6.45, 7) is 0.784. The van der Waals surface area contributed by atoms with Crippen molar-refractivity contribution in [2.24, 2.45) is 5.92 Å². The summed E-state index contributed by atoms with van der Waals surface area (Å²) < 4.78 is 0. The van der Waals surface area contributed by atoms with Crippen LogP contribution in [0.5, 0.6) is 0 Å². The van der Waals surface area contributed by atoms with Crippen LogP contribution < -0.4 is 5.32 Å². The van der Waals surface area contributed by atoms with E-state index in [-0.39, 0.29) is 6.04 Å². The number of nitrogens with one attached hydrogen (secondary N) is 1. The molecule has 4 nitrogen and oxygen atoms in total. The highest BCUT2D eigenvalue weighted by Gasteiger charge is 2.28. The van der Waals surface area contributed by atoms with Crippen LogP contribution in [-0.2, 0) is 11.2 Å². The van der Waals surface area contributed by atoms with E-state index in [1.54, 1.807) is 6.20 Å². The molecule has 2 N–H and O–H groups in total. The number of aliphatic carboxylic acids is 1. The highest BCUT2D eigenvalue weighted by Crippen LogP contribution is 2.18. The third-order valence-electron chi connectivity index (χ3n) is 2.77. The molecule has 0 saturated carbocycles. The predicted octanol–water partition coefficient (Wildman–Crippen LogP) is 0.687. The molecular weight excluding hydrogens is 192 g/mol. The molecule has 0 bridgehead atoms. The van der Waals surface area contributed by atoms with Crippen molar-refractivity contribution in [3.8, 4) is 0 Å². The van der Waals surface area contributed by atoms with E-state index in [4.69, 9.17) is 5.11 Å². The molecule has 0 aliphatic carbocycles. The van der Waals surface area contributed by atoms with Gasteiger partial charge in [0.05, 0.1) is 0 Å². The van der Waals surface area contributed by atoms with Crippen LogP contribution in [0.2, 0.25) is 0 Å². The molecule has 0 amide bonds. The molecule has 2 heterocycles. The minimum absolute atomic E-state index is 0.369. The Morgan fingerprint density at radius 1 is 1.67 bits per heavy atom. The molecular formula is C11H14N2O2. The normalized spacial score (nSPS) is 25.3. The van der Waals surface area contributed by atoms with Gasteiger partial charge in [0, 0.05) is 12.4 Å². The molecule has 0 spiro atoms. The molecule has 2 rings (SSSR count). The second kappa shape index (κ2) is 4.40. The highest BCUT2D eigenvalue weighted by molar-refractivity contribution is 5.73. The van der Waals surface area contributed by atoms with Gasteiger partial charge in [-0.15, -0.1) is 0 Å². The summed E-state index contributed by atoms with van der Waals surface area (Å²) in [5, 5.41) is 11.8. The van der Waals surface area contributed by atoms with Gasteiger partial charge < -0.3 is 10.4 Å². The number of carboxylic acid groups (broad SMARTS) is 1. The largest absolute Gasteiger partial charge is 0.480 e. The predicted molar refractivity (Wildman–Crippen MR) is 55.5 cm³/mol. The Morgan fingerprint density at radius 3 is 3.13 bits per heavy atom. The maximum absolute atomic E-state index is 10.7. The maximum atomic E-state index is 10.7. The van der Waals surface area contributed by atoms with Crippen LogP contribution in [0.15, 0.2) is 24.5 Å². The summed E-state index contributed by atoms with van der Waals surface area (Å²) in [6, 6.07) is 3.57. The van der Waals surface area contributed by atoms with Gasteiger partial charge in [-0.3, -0.25) is 9.78 Å². The van der Waals surface area contributed by atoms with E-state index >= 15 is 0 Å². The second-order valence-corrected chi connectivity index (χ2v) is 3.97. The zero-order chi connectivity index (χ0) is 10.7. The number of carbonyl (C=O) groups is 1. The lowest BCUT2D eigenvalue weighted by atomic mass is 9.98. The Bertz CT molecular complexity index is 340. The minimum Gasteiger partial charge on any atom is -0.480 e. The van der Waals surface area contributed by atoms with Crippen molar-refractivity contribution in [2.75, 3.05) is 6.54 Å². The molecule has 1 aliphatic heterocycles. The van der Waals surface area contributed by atoms with Gasteiger partial charge in [0.1, 0.15) is 6.04 Å². The topological polar surface area (TPSA) is 62.2 Å². The van der Waals surface area contributed by atoms with E-state index in [2.05, 4.69) is 10.3 Å². The van der Waals surface area contributed by atoms with E-state index in [0.29, 0.717) is 12.3 Å². The van der Waals surface area contributed by atoms with Crippen LogP contribution in [-0.4, -0.2) is 28.6 Å². The lowest BCUT2D eigenvalue weighted by Crippen LogP contribution is -2.29. The SMILES string of the molecule is O=C(O)[C@@H]1C[C@@H](Cc2cccnc2)CN1. The molecule has 2 atom stereocenters. The van der Waals surface area contributed by atoms with Crippen LogP contribution >= 0.6 is 0 Å². The molecule has 0 aromatic carbocycles. The van der Waals surface area contributed by atoms with Crippen LogP contribution in [0, 0.1) is 5.92 Å². The first-order valence-corrected chi connectivity index (χ1v) is 5.11. The molecule has 1 fully saturated rings. The van der Waals surface area contributed by atoms with E-state index < -0.39 is 5.97 Å².